The van der Waals surface area contributed by atoms with Crippen molar-refractivity contribution in [2.24, 2.45) is 5.73 Å². The maximum Gasteiger partial charge on any atom is 0.198 e. The summed E-state index contributed by atoms with van der Waals surface area (Å²) in [4.78, 5) is 8.10. The Morgan fingerprint density at radius 2 is 2.20 bits per heavy atom. The lowest BCUT2D eigenvalue weighted by molar-refractivity contribution is 0.702. The molecule has 0 saturated carbocycles. The highest BCUT2D eigenvalue weighted by Gasteiger charge is 2.22. The summed E-state index contributed by atoms with van der Waals surface area (Å²) in [5.41, 5.74) is 10.4. The third-order valence-corrected chi connectivity index (χ3v) is 2.81. The second-order valence-electron chi connectivity index (χ2n) is 3.74. The van der Waals surface area contributed by atoms with Crippen molar-refractivity contribution in [2.45, 2.75) is 12.5 Å². The summed E-state index contributed by atoms with van der Waals surface area (Å²) in [5, 5.41) is 0. The number of hydrogen-bond acceptors (Lipinski definition) is 3. The Morgan fingerprint density at radius 1 is 1.33 bits per heavy atom. The van der Waals surface area contributed by atoms with Crippen LogP contribution < -0.4 is 5.73 Å². The summed E-state index contributed by atoms with van der Waals surface area (Å²) in [6, 6.07) is 8.22. The lowest BCUT2D eigenvalue weighted by atomic mass is 9.87. The number of nitrogens with zero attached hydrogens (tertiary/aromatic N) is 2. The summed E-state index contributed by atoms with van der Waals surface area (Å²) in [7, 11) is 0. The zero-order chi connectivity index (χ0) is 10.3. The third-order valence-electron chi connectivity index (χ3n) is 2.81. The zero-order valence-electron chi connectivity index (χ0n) is 8.14. The van der Waals surface area contributed by atoms with Crippen LogP contribution in [-0.4, -0.2) is 9.97 Å². The molecular formula is C12H10N3. The Bertz CT molecular complexity index is 508. The van der Waals surface area contributed by atoms with E-state index in [1.54, 1.807) is 6.20 Å². The van der Waals surface area contributed by atoms with E-state index in [1.807, 2.05) is 12.1 Å². The van der Waals surface area contributed by atoms with Gasteiger partial charge in [-0.2, -0.15) is 0 Å². The van der Waals surface area contributed by atoms with Gasteiger partial charge in [-0.05, 0) is 12.0 Å². The highest BCUT2D eigenvalue weighted by atomic mass is 14.8. The second kappa shape index (κ2) is 3.14. The summed E-state index contributed by atoms with van der Waals surface area (Å²) in [5.74, 6) is 0. The molecule has 1 aliphatic carbocycles. The molecule has 0 aliphatic heterocycles. The van der Waals surface area contributed by atoms with Crippen molar-refractivity contribution < 1.29 is 0 Å². The quantitative estimate of drug-likeness (QED) is 0.694. The molecule has 2 N–H and O–H groups in total. The van der Waals surface area contributed by atoms with Crippen molar-refractivity contribution in [3.8, 4) is 11.3 Å². The van der Waals surface area contributed by atoms with E-state index in [1.165, 1.54) is 5.56 Å². The van der Waals surface area contributed by atoms with Gasteiger partial charge in [-0.1, -0.05) is 24.3 Å². The van der Waals surface area contributed by atoms with Crippen LogP contribution >= 0.6 is 0 Å². The lowest BCUT2D eigenvalue weighted by Crippen LogP contribution is -2.19. The smallest absolute Gasteiger partial charge is 0.198 e. The van der Waals surface area contributed by atoms with Gasteiger partial charge < -0.3 is 5.73 Å². The van der Waals surface area contributed by atoms with Gasteiger partial charge in [0, 0.05) is 23.4 Å². The molecule has 15 heavy (non-hydrogen) atoms. The van der Waals surface area contributed by atoms with Gasteiger partial charge >= 0.3 is 0 Å². The topological polar surface area (TPSA) is 51.8 Å². The van der Waals surface area contributed by atoms with E-state index in [0.29, 0.717) is 0 Å². The van der Waals surface area contributed by atoms with Crippen molar-refractivity contribution in [1.82, 2.24) is 9.97 Å². The summed E-state index contributed by atoms with van der Waals surface area (Å²) in [6.45, 7) is 0. The number of nitrogens with two attached hydrogens (primary N) is 1. The van der Waals surface area contributed by atoms with Crippen LogP contribution in [0.2, 0.25) is 0 Å². The van der Waals surface area contributed by atoms with Crippen LogP contribution in [0.25, 0.3) is 11.3 Å². The van der Waals surface area contributed by atoms with Gasteiger partial charge in [-0.15, -0.1) is 0 Å². The number of hydrogen-bond donors (Lipinski definition) is 1. The molecule has 2 aromatic rings. The third kappa shape index (κ3) is 1.24. The first kappa shape index (κ1) is 8.56. The molecular weight excluding hydrogens is 186 g/mol. The fourth-order valence-electron chi connectivity index (χ4n) is 2.07. The van der Waals surface area contributed by atoms with Crippen LogP contribution in [0.5, 0.6) is 0 Å². The first-order valence-electron chi connectivity index (χ1n) is 4.93. The minimum atomic E-state index is 0.00417. The van der Waals surface area contributed by atoms with Crippen molar-refractivity contribution in [2.75, 3.05) is 0 Å². The van der Waals surface area contributed by atoms with Gasteiger partial charge in [0.05, 0.1) is 5.69 Å². The second-order valence-corrected chi connectivity index (χ2v) is 3.74. The molecule has 0 bridgehead atoms. The summed E-state index contributed by atoms with van der Waals surface area (Å²) < 4.78 is 0. The highest BCUT2D eigenvalue weighted by molar-refractivity contribution is 5.69. The molecule has 3 rings (SSSR count). The molecule has 3 nitrogen and oxygen atoms in total. The molecule has 0 fully saturated rings. The molecule has 73 valence electrons. The maximum absolute atomic E-state index is 6.07. The summed E-state index contributed by atoms with van der Waals surface area (Å²) >= 11 is 0. The number of aromatic nitrogens is 2. The van der Waals surface area contributed by atoms with E-state index < -0.39 is 0 Å². The molecule has 1 aliphatic rings. The standard InChI is InChI=1S/C12H10N3/c13-11-5-8-3-1-2-4-9(8)12-10(11)6-14-7-15-12/h1-4,6,11H,5,13H2. The monoisotopic (exact) mass is 196 g/mol. The van der Waals surface area contributed by atoms with E-state index in [2.05, 4.69) is 28.4 Å². The van der Waals surface area contributed by atoms with Crippen molar-refractivity contribution in [3.05, 3.63) is 47.9 Å². The van der Waals surface area contributed by atoms with E-state index in [0.717, 1.165) is 23.2 Å². The Balaban J connectivity index is 2.30. The van der Waals surface area contributed by atoms with Crippen molar-refractivity contribution >= 4 is 0 Å². The van der Waals surface area contributed by atoms with Crippen LogP contribution in [0.15, 0.2) is 30.5 Å². The molecule has 0 amide bonds. The predicted molar refractivity (Wildman–Crippen MR) is 56.9 cm³/mol. The van der Waals surface area contributed by atoms with Gasteiger partial charge in [0.2, 0.25) is 0 Å². The van der Waals surface area contributed by atoms with E-state index in [9.17, 15) is 0 Å². The first-order chi connectivity index (χ1) is 7.36. The van der Waals surface area contributed by atoms with E-state index >= 15 is 0 Å². The molecule has 0 spiro atoms. The van der Waals surface area contributed by atoms with Crippen molar-refractivity contribution in [3.63, 3.8) is 0 Å². The number of fused-ring (bicyclic) bond motifs is 3. The van der Waals surface area contributed by atoms with Gasteiger partial charge in [0.1, 0.15) is 0 Å². The van der Waals surface area contributed by atoms with Crippen molar-refractivity contribution in [1.29, 1.82) is 0 Å². The highest BCUT2D eigenvalue weighted by Crippen LogP contribution is 2.34. The minimum Gasteiger partial charge on any atom is -0.324 e. The molecule has 3 heteroatoms. The largest absolute Gasteiger partial charge is 0.324 e. The van der Waals surface area contributed by atoms with Crippen LogP contribution in [-0.2, 0) is 6.42 Å². The molecule has 1 atom stereocenters. The molecule has 1 heterocycles. The molecule has 1 radical (unpaired) electrons. The van der Waals surface area contributed by atoms with E-state index in [-0.39, 0.29) is 6.04 Å². The Labute approximate surface area is 88.0 Å². The lowest BCUT2D eigenvalue weighted by Gasteiger charge is -2.22. The molecule has 1 aromatic heterocycles. The predicted octanol–water partition coefficient (Wildman–Crippen LogP) is 1.50. The average Bonchev–Trinajstić information content (AvgIpc) is 2.30. The first-order valence-corrected chi connectivity index (χ1v) is 4.93. The zero-order valence-corrected chi connectivity index (χ0v) is 8.14. The maximum atomic E-state index is 6.07. The van der Waals surface area contributed by atoms with Gasteiger partial charge in [0.25, 0.3) is 0 Å². The normalized spacial score (nSPS) is 18.1. The van der Waals surface area contributed by atoms with Crippen LogP contribution in [0.1, 0.15) is 17.2 Å². The Hall–Kier alpha value is -1.74. The van der Waals surface area contributed by atoms with Gasteiger partial charge in [-0.25, -0.2) is 9.97 Å². The SMILES string of the molecule is NC1Cc2ccccc2-c2n[c]ncc21. The van der Waals surface area contributed by atoms with Crippen LogP contribution in [0, 0.1) is 6.33 Å². The molecule has 1 unspecified atom stereocenters. The number of benzene rings is 1. The minimum absolute atomic E-state index is 0.00417. The van der Waals surface area contributed by atoms with Crippen LogP contribution in [0.3, 0.4) is 0 Å². The average molecular weight is 196 g/mol. The molecule has 1 aromatic carbocycles. The van der Waals surface area contributed by atoms with Gasteiger partial charge in [0.15, 0.2) is 6.33 Å². The van der Waals surface area contributed by atoms with Gasteiger partial charge in [-0.3, -0.25) is 0 Å². The fourth-order valence-corrected chi connectivity index (χ4v) is 2.07. The Morgan fingerprint density at radius 3 is 3.13 bits per heavy atom. The van der Waals surface area contributed by atoms with E-state index in [4.69, 9.17) is 5.73 Å². The Kier molecular flexibility index (Phi) is 1.79. The molecule has 0 saturated heterocycles. The fraction of sp³-hybridized carbons (Fsp3) is 0.167. The summed E-state index contributed by atoms with van der Waals surface area (Å²) in [6.07, 6.45) is 5.25. The number of rotatable bonds is 0. The van der Waals surface area contributed by atoms with Crippen LogP contribution in [0.4, 0.5) is 0 Å².